The zero-order valence-electron chi connectivity index (χ0n) is 18.3. The molecule has 0 spiro atoms. The number of benzene rings is 2. The lowest BCUT2D eigenvalue weighted by atomic mass is 10.1. The number of hydrogen-bond acceptors (Lipinski definition) is 7. The van der Waals surface area contributed by atoms with E-state index in [1.807, 2.05) is 18.2 Å². The van der Waals surface area contributed by atoms with Crippen molar-refractivity contribution in [1.82, 2.24) is 15.3 Å². The van der Waals surface area contributed by atoms with E-state index in [0.29, 0.717) is 41.3 Å². The minimum absolute atomic E-state index is 0.184. The fourth-order valence-corrected chi connectivity index (χ4v) is 3.24. The summed E-state index contributed by atoms with van der Waals surface area (Å²) in [6.07, 6.45) is 3.87. The summed E-state index contributed by atoms with van der Waals surface area (Å²) < 4.78 is 11.1. The van der Waals surface area contributed by atoms with Gasteiger partial charge in [0.15, 0.2) is 5.76 Å². The summed E-state index contributed by atoms with van der Waals surface area (Å²) in [7, 11) is 1.52. The number of hydrogen-bond donors (Lipinski definition) is 3. The summed E-state index contributed by atoms with van der Waals surface area (Å²) in [4.78, 5) is 32.2. The number of methoxy groups -OCH3 is 1. The first-order chi connectivity index (χ1) is 16.5. The number of ether oxygens (including phenoxy) is 1. The third kappa shape index (κ3) is 5.57. The maximum Gasteiger partial charge on any atom is 0.335 e. The largest absolute Gasteiger partial charge is 0.497 e. The molecule has 0 bridgehead atoms. The predicted molar refractivity (Wildman–Crippen MR) is 125 cm³/mol. The molecule has 4 rings (SSSR count). The Hall–Kier alpha value is -4.66. The molecule has 0 fully saturated rings. The molecule has 3 N–H and O–H groups in total. The van der Waals surface area contributed by atoms with E-state index in [-0.39, 0.29) is 17.5 Å². The number of carboxylic acids is 1. The molecule has 172 valence electrons. The molecule has 0 saturated carbocycles. The number of carboxylic acid groups (broad SMARTS) is 1. The van der Waals surface area contributed by atoms with Crippen molar-refractivity contribution < 1.29 is 23.8 Å². The van der Waals surface area contributed by atoms with Crippen LogP contribution in [0, 0.1) is 0 Å². The molecule has 0 radical (unpaired) electrons. The van der Waals surface area contributed by atoms with E-state index in [9.17, 15) is 9.59 Å². The maximum atomic E-state index is 12.7. The Morgan fingerprint density at radius 1 is 1.03 bits per heavy atom. The minimum atomic E-state index is -0.999. The van der Waals surface area contributed by atoms with Crippen LogP contribution < -0.4 is 15.4 Å². The van der Waals surface area contributed by atoms with Gasteiger partial charge in [-0.3, -0.25) is 9.78 Å². The van der Waals surface area contributed by atoms with Crippen molar-refractivity contribution in [3.8, 4) is 17.1 Å². The molecule has 0 unspecified atom stereocenters. The van der Waals surface area contributed by atoms with Gasteiger partial charge in [-0.15, -0.1) is 0 Å². The van der Waals surface area contributed by atoms with Gasteiger partial charge in [0.25, 0.3) is 11.9 Å². The number of rotatable bonds is 9. The van der Waals surface area contributed by atoms with Crippen LogP contribution in [-0.2, 0) is 6.42 Å². The molecule has 34 heavy (non-hydrogen) atoms. The van der Waals surface area contributed by atoms with Crippen LogP contribution in [0.1, 0.15) is 26.4 Å². The predicted octanol–water partition coefficient (Wildman–Crippen LogP) is 4.16. The number of carbonyl (C=O) groups excluding carboxylic acids is 1. The topological polar surface area (TPSA) is 127 Å². The molecule has 4 aromatic rings. The molecule has 0 saturated heterocycles. The summed E-state index contributed by atoms with van der Waals surface area (Å²) in [6.45, 7) is 0.444. The minimum Gasteiger partial charge on any atom is -0.497 e. The van der Waals surface area contributed by atoms with Crippen molar-refractivity contribution in [1.29, 1.82) is 0 Å². The molecular formula is C25H22N4O5. The summed E-state index contributed by atoms with van der Waals surface area (Å²) in [5, 5.41) is 14.9. The maximum absolute atomic E-state index is 12.7. The fraction of sp³-hybridized carbons (Fsp3) is 0.120. The number of amides is 1. The molecule has 2 heterocycles. The number of carbonyl (C=O) groups is 2. The molecule has 1 amide bonds. The van der Waals surface area contributed by atoms with Gasteiger partial charge in [0, 0.05) is 47.7 Å². The number of pyridine rings is 1. The van der Waals surface area contributed by atoms with Crippen molar-refractivity contribution in [3.05, 3.63) is 89.9 Å². The van der Waals surface area contributed by atoms with Crippen molar-refractivity contribution >= 4 is 23.6 Å². The van der Waals surface area contributed by atoms with Gasteiger partial charge in [0.1, 0.15) is 5.75 Å². The highest BCUT2D eigenvalue weighted by Gasteiger charge is 2.12. The Morgan fingerprint density at radius 3 is 2.56 bits per heavy atom. The lowest BCUT2D eigenvalue weighted by Gasteiger charge is -2.10. The molecule has 9 nitrogen and oxygen atoms in total. The Labute approximate surface area is 195 Å². The first kappa shape index (κ1) is 22.5. The van der Waals surface area contributed by atoms with E-state index in [1.54, 1.807) is 36.5 Å². The summed E-state index contributed by atoms with van der Waals surface area (Å²) >= 11 is 0. The van der Waals surface area contributed by atoms with Crippen LogP contribution in [0.4, 0.5) is 11.7 Å². The number of aromatic carboxylic acids is 1. The molecule has 9 heteroatoms. The quantitative estimate of drug-likeness (QED) is 0.341. The Kier molecular flexibility index (Phi) is 6.83. The molecule has 0 aliphatic carbocycles. The monoisotopic (exact) mass is 458 g/mol. The zero-order valence-corrected chi connectivity index (χ0v) is 18.3. The first-order valence-electron chi connectivity index (χ1n) is 10.5. The SMILES string of the molecule is COc1cc(Nc2ncc(-c3ccc(C(=O)O)cc3)o2)cc(C(=O)NCCc2ccccn2)c1. The van der Waals surface area contributed by atoms with Gasteiger partial charge >= 0.3 is 5.97 Å². The fourth-order valence-electron chi connectivity index (χ4n) is 3.24. The van der Waals surface area contributed by atoms with E-state index >= 15 is 0 Å². The smallest absolute Gasteiger partial charge is 0.335 e. The second kappa shape index (κ2) is 10.3. The molecule has 0 aliphatic rings. The number of nitrogens with one attached hydrogen (secondary N) is 2. The van der Waals surface area contributed by atoms with E-state index in [0.717, 1.165) is 5.69 Å². The normalized spacial score (nSPS) is 10.5. The Bertz CT molecular complexity index is 1290. The van der Waals surface area contributed by atoms with Gasteiger partial charge in [-0.05, 0) is 36.4 Å². The second-order valence-corrected chi connectivity index (χ2v) is 7.31. The number of aromatic nitrogens is 2. The highest BCUT2D eigenvalue weighted by atomic mass is 16.5. The van der Waals surface area contributed by atoms with Gasteiger partial charge in [-0.25, -0.2) is 9.78 Å². The number of oxazole rings is 1. The van der Waals surface area contributed by atoms with Crippen molar-refractivity contribution in [2.24, 2.45) is 0 Å². The highest BCUT2D eigenvalue weighted by molar-refractivity contribution is 5.95. The van der Waals surface area contributed by atoms with E-state index in [4.69, 9.17) is 14.3 Å². The summed E-state index contributed by atoms with van der Waals surface area (Å²) in [5.74, 6) is -0.281. The molecule has 2 aromatic carbocycles. The molecule has 0 atom stereocenters. The zero-order chi connectivity index (χ0) is 23.9. The highest BCUT2D eigenvalue weighted by Crippen LogP contribution is 2.27. The average Bonchev–Trinajstić information content (AvgIpc) is 3.32. The molecule has 0 aliphatic heterocycles. The number of nitrogens with zero attached hydrogens (tertiary/aromatic N) is 2. The van der Waals surface area contributed by atoms with E-state index < -0.39 is 5.97 Å². The third-order valence-corrected chi connectivity index (χ3v) is 4.97. The van der Waals surface area contributed by atoms with Crippen molar-refractivity contribution in [2.75, 3.05) is 19.0 Å². The Morgan fingerprint density at radius 2 is 1.85 bits per heavy atom. The van der Waals surface area contributed by atoms with E-state index in [2.05, 4.69) is 20.6 Å². The van der Waals surface area contributed by atoms with Crippen LogP contribution in [-0.4, -0.2) is 40.6 Å². The van der Waals surface area contributed by atoms with Crippen LogP contribution in [0.2, 0.25) is 0 Å². The summed E-state index contributed by atoms with van der Waals surface area (Å²) in [5.41, 5.74) is 2.74. The van der Waals surface area contributed by atoms with Gasteiger partial charge in [-0.2, -0.15) is 0 Å². The standard InChI is InChI=1S/C25H22N4O5/c1-33-21-13-18(23(30)27-11-9-19-4-2-3-10-26-19)12-20(14-21)29-25-28-15-22(34-25)16-5-7-17(8-6-16)24(31)32/h2-8,10,12-15H,9,11H2,1H3,(H,27,30)(H,28,29)(H,31,32). The van der Waals surface area contributed by atoms with Crippen LogP contribution in [0.15, 0.2) is 77.5 Å². The molecule has 2 aromatic heterocycles. The van der Waals surface area contributed by atoms with Gasteiger partial charge < -0.3 is 24.9 Å². The Balaban J connectivity index is 1.44. The number of anilines is 2. The van der Waals surface area contributed by atoms with Gasteiger partial charge in [0.2, 0.25) is 0 Å². The lowest BCUT2D eigenvalue weighted by Crippen LogP contribution is -2.26. The first-order valence-corrected chi connectivity index (χ1v) is 10.5. The van der Waals surface area contributed by atoms with Crippen LogP contribution in [0.25, 0.3) is 11.3 Å². The van der Waals surface area contributed by atoms with Gasteiger partial charge in [-0.1, -0.05) is 18.2 Å². The van der Waals surface area contributed by atoms with Gasteiger partial charge in [0.05, 0.1) is 18.9 Å². The third-order valence-electron chi connectivity index (χ3n) is 4.97. The van der Waals surface area contributed by atoms with Crippen LogP contribution >= 0.6 is 0 Å². The lowest BCUT2D eigenvalue weighted by molar-refractivity contribution is 0.0696. The molecular weight excluding hydrogens is 436 g/mol. The van der Waals surface area contributed by atoms with Crippen LogP contribution in [0.3, 0.4) is 0 Å². The van der Waals surface area contributed by atoms with Crippen LogP contribution in [0.5, 0.6) is 5.75 Å². The van der Waals surface area contributed by atoms with Crippen molar-refractivity contribution in [2.45, 2.75) is 6.42 Å². The van der Waals surface area contributed by atoms with Crippen molar-refractivity contribution in [3.63, 3.8) is 0 Å². The summed E-state index contributed by atoms with van der Waals surface area (Å²) in [6, 6.07) is 17.2. The average molecular weight is 458 g/mol. The second-order valence-electron chi connectivity index (χ2n) is 7.31. The van der Waals surface area contributed by atoms with E-state index in [1.165, 1.54) is 25.4 Å².